The maximum absolute atomic E-state index is 5.56. The van der Waals surface area contributed by atoms with E-state index in [9.17, 15) is 0 Å². The molecule has 0 saturated carbocycles. The summed E-state index contributed by atoms with van der Waals surface area (Å²) in [6, 6.07) is 8.16. The first-order valence-corrected chi connectivity index (χ1v) is 5.84. The van der Waals surface area contributed by atoms with Gasteiger partial charge in [0.15, 0.2) is 12.2 Å². The molecule has 2 rings (SSSR count). The zero-order valence-electron chi connectivity index (χ0n) is 8.43. The minimum absolute atomic E-state index is 0.399. The van der Waals surface area contributed by atoms with Crippen LogP contribution in [0.1, 0.15) is 5.69 Å². The average Bonchev–Trinajstić information content (AvgIpc) is 2.77. The summed E-state index contributed by atoms with van der Waals surface area (Å²) in [5, 5.41) is 0. The lowest BCUT2D eigenvalue weighted by Crippen LogP contribution is -1.97. The van der Waals surface area contributed by atoms with Gasteiger partial charge in [-0.25, -0.2) is 4.98 Å². The summed E-state index contributed by atoms with van der Waals surface area (Å²) in [5.74, 6) is 0.769. The highest BCUT2D eigenvalue weighted by Crippen LogP contribution is 2.25. The van der Waals surface area contributed by atoms with E-state index in [0.29, 0.717) is 6.54 Å². The maximum atomic E-state index is 5.56. The Morgan fingerprint density at radius 1 is 1.33 bits per heavy atom. The van der Waals surface area contributed by atoms with E-state index in [-0.39, 0.29) is 0 Å². The fraction of sp³-hybridized carbons (Fsp3) is 0.182. The van der Waals surface area contributed by atoms with Crippen molar-refractivity contribution in [2.75, 3.05) is 6.26 Å². The van der Waals surface area contributed by atoms with Crippen molar-refractivity contribution in [2.24, 2.45) is 5.73 Å². The highest BCUT2D eigenvalue weighted by Gasteiger charge is 2.08. The van der Waals surface area contributed by atoms with E-state index in [1.807, 2.05) is 12.1 Å². The summed E-state index contributed by atoms with van der Waals surface area (Å²) in [5.41, 5.74) is 7.38. The van der Waals surface area contributed by atoms with Crippen molar-refractivity contribution >= 4 is 11.8 Å². The second-order valence-corrected chi connectivity index (χ2v) is 3.94. The minimum atomic E-state index is 0.399. The Balaban J connectivity index is 2.37. The zero-order valence-corrected chi connectivity index (χ0v) is 9.25. The molecule has 0 amide bonds. The molecular formula is C11H12N2OS. The van der Waals surface area contributed by atoms with Gasteiger partial charge in [-0.2, -0.15) is 0 Å². The highest BCUT2D eigenvalue weighted by molar-refractivity contribution is 7.98. The molecule has 0 aliphatic rings. The first kappa shape index (κ1) is 10.3. The van der Waals surface area contributed by atoms with E-state index >= 15 is 0 Å². The Hall–Kier alpha value is -1.26. The van der Waals surface area contributed by atoms with Gasteiger partial charge in [-0.05, 0) is 18.4 Å². The number of nitrogens with zero attached hydrogens (tertiary/aromatic N) is 1. The van der Waals surface area contributed by atoms with Crippen molar-refractivity contribution in [3.8, 4) is 11.3 Å². The summed E-state index contributed by atoms with van der Waals surface area (Å²) < 4.78 is 5.32. The Bertz CT molecular complexity index is 436. The van der Waals surface area contributed by atoms with Crippen molar-refractivity contribution in [2.45, 2.75) is 11.4 Å². The average molecular weight is 220 g/mol. The van der Waals surface area contributed by atoms with Gasteiger partial charge in [-0.15, -0.1) is 11.8 Å². The van der Waals surface area contributed by atoms with Gasteiger partial charge in [0.1, 0.15) is 5.69 Å². The van der Waals surface area contributed by atoms with Crippen LogP contribution in [0.4, 0.5) is 0 Å². The van der Waals surface area contributed by atoms with Crippen LogP contribution in [-0.2, 0) is 6.54 Å². The summed E-state index contributed by atoms with van der Waals surface area (Å²) in [6.45, 7) is 0.399. The van der Waals surface area contributed by atoms with Gasteiger partial charge in [-0.3, -0.25) is 0 Å². The predicted molar refractivity (Wildman–Crippen MR) is 61.6 cm³/mol. The molecule has 4 heteroatoms. The molecule has 1 aromatic heterocycles. The van der Waals surface area contributed by atoms with E-state index in [1.54, 1.807) is 11.8 Å². The van der Waals surface area contributed by atoms with E-state index in [1.165, 1.54) is 11.3 Å². The second kappa shape index (κ2) is 4.51. The quantitative estimate of drug-likeness (QED) is 0.807. The van der Waals surface area contributed by atoms with E-state index in [0.717, 1.165) is 17.0 Å². The highest BCUT2D eigenvalue weighted by atomic mass is 32.2. The molecular weight excluding hydrogens is 208 g/mol. The van der Waals surface area contributed by atoms with Gasteiger partial charge < -0.3 is 10.2 Å². The number of oxazole rings is 1. The summed E-state index contributed by atoms with van der Waals surface area (Å²) in [4.78, 5) is 5.29. The molecule has 0 aliphatic carbocycles. The smallest absolute Gasteiger partial charge is 0.181 e. The lowest BCUT2D eigenvalue weighted by Gasteiger charge is -2.00. The number of rotatable bonds is 3. The summed E-state index contributed by atoms with van der Waals surface area (Å²) in [7, 11) is 0. The number of hydrogen-bond acceptors (Lipinski definition) is 4. The Morgan fingerprint density at radius 3 is 2.67 bits per heavy atom. The van der Waals surface area contributed by atoms with E-state index in [2.05, 4.69) is 23.4 Å². The van der Waals surface area contributed by atoms with Crippen molar-refractivity contribution in [1.82, 2.24) is 4.98 Å². The molecule has 3 nitrogen and oxygen atoms in total. The molecule has 2 N–H and O–H groups in total. The van der Waals surface area contributed by atoms with Crippen LogP contribution in [-0.4, -0.2) is 11.2 Å². The number of nitrogens with two attached hydrogens (primary N) is 1. The molecule has 1 heterocycles. The normalized spacial score (nSPS) is 10.5. The summed E-state index contributed by atoms with van der Waals surface area (Å²) >= 11 is 1.71. The van der Waals surface area contributed by atoms with E-state index < -0.39 is 0 Å². The van der Waals surface area contributed by atoms with Gasteiger partial charge in [-0.1, -0.05) is 12.1 Å². The van der Waals surface area contributed by atoms with E-state index in [4.69, 9.17) is 10.2 Å². The Labute approximate surface area is 92.7 Å². The first-order valence-electron chi connectivity index (χ1n) is 4.62. The standard InChI is InChI=1S/C11H12N2OS/c1-15-9-4-2-8(3-5-9)11-10(6-12)13-7-14-11/h2-5,7H,6,12H2,1H3. The van der Waals surface area contributed by atoms with Crippen LogP contribution < -0.4 is 5.73 Å². The van der Waals surface area contributed by atoms with Crippen molar-refractivity contribution in [1.29, 1.82) is 0 Å². The molecule has 78 valence electrons. The molecule has 15 heavy (non-hydrogen) atoms. The lowest BCUT2D eigenvalue weighted by molar-refractivity contribution is 0.571. The largest absolute Gasteiger partial charge is 0.443 e. The Morgan fingerprint density at radius 2 is 2.07 bits per heavy atom. The Kier molecular flexibility index (Phi) is 3.08. The summed E-state index contributed by atoms with van der Waals surface area (Å²) in [6.07, 6.45) is 3.48. The zero-order chi connectivity index (χ0) is 10.7. The molecule has 0 aliphatic heterocycles. The molecule has 0 bridgehead atoms. The molecule has 0 atom stereocenters. The molecule has 0 fully saturated rings. The minimum Gasteiger partial charge on any atom is -0.443 e. The second-order valence-electron chi connectivity index (χ2n) is 3.06. The van der Waals surface area contributed by atoms with Crippen LogP contribution in [0.15, 0.2) is 40.0 Å². The maximum Gasteiger partial charge on any atom is 0.181 e. The molecule has 0 saturated heterocycles. The van der Waals surface area contributed by atoms with Crippen molar-refractivity contribution < 1.29 is 4.42 Å². The predicted octanol–water partition coefficient (Wildman–Crippen LogP) is 2.52. The fourth-order valence-electron chi connectivity index (χ4n) is 1.39. The van der Waals surface area contributed by atoms with Crippen LogP contribution in [0, 0.1) is 0 Å². The molecule has 2 aromatic rings. The number of hydrogen-bond donors (Lipinski definition) is 1. The van der Waals surface area contributed by atoms with Gasteiger partial charge in [0.2, 0.25) is 0 Å². The van der Waals surface area contributed by atoms with Crippen LogP contribution in [0.2, 0.25) is 0 Å². The lowest BCUT2D eigenvalue weighted by atomic mass is 10.1. The van der Waals surface area contributed by atoms with Gasteiger partial charge in [0, 0.05) is 17.0 Å². The molecule has 0 radical (unpaired) electrons. The monoisotopic (exact) mass is 220 g/mol. The van der Waals surface area contributed by atoms with Gasteiger partial charge in [0.25, 0.3) is 0 Å². The third kappa shape index (κ3) is 2.06. The molecule has 1 aromatic carbocycles. The van der Waals surface area contributed by atoms with Crippen LogP contribution in [0.5, 0.6) is 0 Å². The SMILES string of the molecule is CSc1ccc(-c2ocnc2CN)cc1. The third-order valence-corrected chi connectivity index (χ3v) is 2.93. The van der Waals surface area contributed by atoms with Crippen LogP contribution >= 0.6 is 11.8 Å². The number of benzene rings is 1. The fourth-order valence-corrected chi connectivity index (χ4v) is 1.80. The first-order chi connectivity index (χ1) is 7.35. The van der Waals surface area contributed by atoms with Crippen LogP contribution in [0.25, 0.3) is 11.3 Å². The third-order valence-electron chi connectivity index (χ3n) is 2.19. The van der Waals surface area contributed by atoms with Gasteiger partial charge >= 0.3 is 0 Å². The molecule has 0 spiro atoms. The number of thioether (sulfide) groups is 1. The van der Waals surface area contributed by atoms with Crippen molar-refractivity contribution in [3.63, 3.8) is 0 Å². The topological polar surface area (TPSA) is 52.0 Å². The van der Waals surface area contributed by atoms with Crippen LogP contribution in [0.3, 0.4) is 0 Å². The van der Waals surface area contributed by atoms with Crippen molar-refractivity contribution in [3.05, 3.63) is 36.4 Å². The molecule has 0 unspecified atom stereocenters. The van der Waals surface area contributed by atoms with Gasteiger partial charge in [0.05, 0.1) is 0 Å². The number of aromatic nitrogens is 1.